The molecular weight excluding hydrogens is 322 g/mol. The van der Waals surface area contributed by atoms with E-state index in [4.69, 9.17) is 11.6 Å². The average molecular weight is 343 g/mol. The van der Waals surface area contributed by atoms with E-state index < -0.39 is 0 Å². The molecule has 2 aliphatic rings. The van der Waals surface area contributed by atoms with Crippen LogP contribution in [0.4, 0.5) is 5.69 Å². The van der Waals surface area contributed by atoms with Crippen LogP contribution >= 0.6 is 27.5 Å². The maximum absolute atomic E-state index is 6.27. The summed E-state index contributed by atoms with van der Waals surface area (Å²) in [6, 6.07) is 4.25. The van der Waals surface area contributed by atoms with E-state index in [1.165, 1.54) is 61.8 Å². The number of anilines is 1. The van der Waals surface area contributed by atoms with E-state index in [9.17, 15) is 0 Å². The van der Waals surface area contributed by atoms with Gasteiger partial charge in [0, 0.05) is 28.0 Å². The zero-order chi connectivity index (χ0) is 13.5. The van der Waals surface area contributed by atoms with Crippen molar-refractivity contribution in [3.8, 4) is 0 Å². The lowest BCUT2D eigenvalue weighted by Gasteiger charge is -2.52. The van der Waals surface area contributed by atoms with Gasteiger partial charge in [-0.15, -0.1) is 0 Å². The molecule has 1 spiro atoms. The van der Waals surface area contributed by atoms with Crippen LogP contribution in [0.25, 0.3) is 0 Å². The molecule has 0 aromatic heterocycles. The maximum Gasteiger partial charge on any atom is 0.0526 e. The standard InChI is InChI=1S/C16H21BrClN/c1-12-8-13(17)15(9-14(12)18)19-10-16(11-19)6-4-2-3-5-7-16/h8-9H,2-7,10-11H2,1H3. The Hall–Kier alpha value is -0.210. The van der Waals surface area contributed by atoms with Gasteiger partial charge in [-0.2, -0.15) is 0 Å². The lowest BCUT2D eigenvalue weighted by Crippen LogP contribution is -2.56. The van der Waals surface area contributed by atoms with Gasteiger partial charge in [0.15, 0.2) is 0 Å². The van der Waals surface area contributed by atoms with Gasteiger partial charge in [-0.3, -0.25) is 0 Å². The van der Waals surface area contributed by atoms with Crippen molar-refractivity contribution in [1.29, 1.82) is 0 Å². The Bertz CT molecular complexity index is 470. The summed E-state index contributed by atoms with van der Waals surface area (Å²) >= 11 is 9.95. The second kappa shape index (κ2) is 5.29. The minimum atomic E-state index is 0.604. The molecule has 0 atom stereocenters. The van der Waals surface area contributed by atoms with Crippen LogP contribution in [0.15, 0.2) is 16.6 Å². The summed E-state index contributed by atoms with van der Waals surface area (Å²) < 4.78 is 1.18. The van der Waals surface area contributed by atoms with E-state index in [2.05, 4.69) is 39.9 Å². The largest absolute Gasteiger partial charge is 0.369 e. The third kappa shape index (κ3) is 2.67. The molecule has 3 heteroatoms. The molecule has 2 fully saturated rings. The monoisotopic (exact) mass is 341 g/mol. The van der Waals surface area contributed by atoms with Crippen LogP contribution in [0.1, 0.15) is 44.1 Å². The summed E-state index contributed by atoms with van der Waals surface area (Å²) in [6.07, 6.45) is 8.54. The molecule has 0 unspecified atom stereocenters. The van der Waals surface area contributed by atoms with Crippen molar-refractivity contribution in [3.05, 3.63) is 27.2 Å². The predicted molar refractivity (Wildman–Crippen MR) is 86.2 cm³/mol. The zero-order valence-corrected chi connectivity index (χ0v) is 13.9. The lowest BCUT2D eigenvalue weighted by molar-refractivity contribution is 0.180. The van der Waals surface area contributed by atoms with Crippen molar-refractivity contribution in [3.63, 3.8) is 0 Å². The first-order valence-electron chi connectivity index (χ1n) is 7.30. The second-order valence-corrected chi connectivity index (χ2v) is 7.58. The van der Waals surface area contributed by atoms with Crippen LogP contribution in [-0.4, -0.2) is 13.1 Å². The number of benzene rings is 1. The van der Waals surface area contributed by atoms with Gasteiger partial charge < -0.3 is 4.90 Å². The van der Waals surface area contributed by atoms with Crippen LogP contribution in [0, 0.1) is 12.3 Å². The Kier molecular flexibility index (Phi) is 3.83. The number of halogens is 2. The fraction of sp³-hybridized carbons (Fsp3) is 0.625. The van der Waals surface area contributed by atoms with Crippen molar-refractivity contribution >= 4 is 33.2 Å². The van der Waals surface area contributed by atoms with Crippen LogP contribution in [0.2, 0.25) is 5.02 Å². The highest BCUT2D eigenvalue weighted by Gasteiger charge is 2.43. The van der Waals surface area contributed by atoms with Gasteiger partial charge >= 0.3 is 0 Å². The Morgan fingerprint density at radius 2 is 1.74 bits per heavy atom. The predicted octanol–water partition coefficient (Wildman–Crippen LogP) is 5.57. The minimum Gasteiger partial charge on any atom is -0.369 e. The van der Waals surface area contributed by atoms with E-state index in [0.717, 1.165) is 10.6 Å². The fourth-order valence-corrected chi connectivity index (χ4v) is 4.47. The van der Waals surface area contributed by atoms with Crippen molar-refractivity contribution in [2.45, 2.75) is 45.4 Å². The molecule has 104 valence electrons. The number of nitrogens with zero attached hydrogens (tertiary/aromatic N) is 1. The van der Waals surface area contributed by atoms with Gasteiger partial charge in [-0.05, 0) is 53.4 Å². The van der Waals surface area contributed by atoms with Gasteiger partial charge in [0.25, 0.3) is 0 Å². The topological polar surface area (TPSA) is 3.24 Å². The Balaban J connectivity index is 1.74. The third-order valence-corrected chi connectivity index (χ3v) is 5.83. The molecule has 3 rings (SSSR count). The van der Waals surface area contributed by atoms with Gasteiger partial charge in [-0.1, -0.05) is 37.3 Å². The molecule has 0 radical (unpaired) electrons. The van der Waals surface area contributed by atoms with E-state index in [0.29, 0.717) is 5.41 Å². The molecule has 1 saturated heterocycles. The first-order chi connectivity index (χ1) is 9.10. The number of aryl methyl sites for hydroxylation is 1. The molecule has 1 heterocycles. The molecule has 1 aliphatic heterocycles. The lowest BCUT2D eigenvalue weighted by atomic mass is 9.73. The summed E-state index contributed by atoms with van der Waals surface area (Å²) in [5.74, 6) is 0. The van der Waals surface area contributed by atoms with Crippen molar-refractivity contribution in [2.24, 2.45) is 5.41 Å². The Morgan fingerprint density at radius 3 is 2.37 bits per heavy atom. The summed E-state index contributed by atoms with van der Waals surface area (Å²) in [6.45, 7) is 4.48. The fourth-order valence-electron chi connectivity index (χ4n) is 3.61. The van der Waals surface area contributed by atoms with Crippen LogP contribution < -0.4 is 4.90 Å². The van der Waals surface area contributed by atoms with E-state index >= 15 is 0 Å². The third-order valence-electron chi connectivity index (χ3n) is 4.79. The van der Waals surface area contributed by atoms with E-state index in [-0.39, 0.29) is 0 Å². The van der Waals surface area contributed by atoms with Crippen molar-refractivity contribution in [2.75, 3.05) is 18.0 Å². The first-order valence-corrected chi connectivity index (χ1v) is 8.47. The zero-order valence-electron chi connectivity index (χ0n) is 11.5. The maximum atomic E-state index is 6.27. The summed E-state index contributed by atoms with van der Waals surface area (Å²) in [5.41, 5.74) is 3.01. The molecular formula is C16H21BrClN. The molecule has 19 heavy (non-hydrogen) atoms. The van der Waals surface area contributed by atoms with E-state index in [1.54, 1.807) is 0 Å². The molecule has 1 aromatic rings. The van der Waals surface area contributed by atoms with E-state index in [1.807, 2.05) is 0 Å². The summed E-state index contributed by atoms with van der Waals surface area (Å²) in [5, 5.41) is 0.875. The smallest absolute Gasteiger partial charge is 0.0526 e. The van der Waals surface area contributed by atoms with Gasteiger partial charge in [0.05, 0.1) is 5.69 Å². The summed E-state index contributed by atoms with van der Waals surface area (Å²) in [7, 11) is 0. The molecule has 0 N–H and O–H groups in total. The van der Waals surface area contributed by atoms with Crippen LogP contribution in [0.5, 0.6) is 0 Å². The molecule has 0 bridgehead atoms. The normalized spacial score (nSPS) is 22.2. The van der Waals surface area contributed by atoms with Crippen LogP contribution in [-0.2, 0) is 0 Å². The highest BCUT2D eigenvalue weighted by Crippen LogP contribution is 2.46. The minimum absolute atomic E-state index is 0.604. The van der Waals surface area contributed by atoms with Crippen LogP contribution in [0.3, 0.4) is 0 Å². The van der Waals surface area contributed by atoms with Gasteiger partial charge in [0.2, 0.25) is 0 Å². The molecule has 1 aromatic carbocycles. The average Bonchev–Trinajstić information content (AvgIpc) is 2.58. The molecule has 1 nitrogen and oxygen atoms in total. The highest BCUT2D eigenvalue weighted by molar-refractivity contribution is 9.10. The Labute approximate surface area is 129 Å². The number of hydrogen-bond acceptors (Lipinski definition) is 1. The molecule has 1 aliphatic carbocycles. The van der Waals surface area contributed by atoms with Crippen molar-refractivity contribution < 1.29 is 0 Å². The highest BCUT2D eigenvalue weighted by atomic mass is 79.9. The molecule has 0 amide bonds. The SMILES string of the molecule is Cc1cc(Br)c(N2CC3(CCCCCC3)C2)cc1Cl. The van der Waals surface area contributed by atoms with Gasteiger partial charge in [0.1, 0.15) is 0 Å². The molecule has 1 saturated carbocycles. The first kappa shape index (κ1) is 13.8. The van der Waals surface area contributed by atoms with Gasteiger partial charge in [-0.25, -0.2) is 0 Å². The second-order valence-electron chi connectivity index (χ2n) is 6.32. The Morgan fingerprint density at radius 1 is 1.11 bits per heavy atom. The quantitative estimate of drug-likeness (QED) is 0.644. The van der Waals surface area contributed by atoms with Crippen molar-refractivity contribution in [1.82, 2.24) is 0 Å². The summed E-state index contributed by atoms with van der Waals surface area (Å²) in [4.78, 5) is 2.49. The number of rotatable bonds is 1. The number of hydrogen-bond donors (Lipinski definition) is 0.